The van der Waals surface area contributed by atoms with E-state index in [0.717, 1.165) is 0 Å². The molecule has 0 aliphatic carbocycles. The number of hydrogen-bond donors (Lipinski definition) is 3. The van der Waals surface area contributed by atoms with Gasteiger partial charge in [0.2, 0.25) is 17.6 Å². The van der Waals surface area contributed by atoms with Gasteiger partial charge in [-0.05, 0) is 18.1 Å². The lowest BCUT2D eigenvalue weighted by atomic mass is 10.1. The van der Waals surface area contributed by atoms with Gasteiger partial charge in [0.05, 0.1) is 39.6 Å². The standard InChI is InChI=1S/C16H25N3O5/c1-9(2)13(17)16(21)18-8-12(20)19-10-6-7-11(22-3)15(24-5)14(10)23-4/h6-7,9,13H,8,17H2,1-5H3,(H,18,21)(H,19,20)/t13-/m0/s1. The van der Waals surface area contributed by atoms with Crippen molar-refractivity contribution in [2.45, 2.75) is 19.9 Å². The summed E-state index contributed by atoms with van der Waals surface area (Å²) in [5, 5.41) is 5.16. The van der Waals surface area contributed by atoms with E-state index in [1.165, 1.54) is 21.3 Å². The van der Waals surface area contributed by atoms with Crippen LogP contribution < -0.4 is 30.6 Å². The van der Waals surface area contributed by atoms with Crippen molar-refractivity contribution in [1.29, 1.82) is 0 Å². The summed E-state index contributed by atoms with van der Waals surface area (Å²) in [6, 6.07) is 2.61. The van der Waals surface area contributed by atoms with Crippen LogP contribution in [-0.2, 0) is 9.59 Å². The number of amides is 2. The van der Waals surface area contributed by atoms with Gasteiger partial charge in [-0.1, -0.05) is 13.8 Å². The molecule has 0 aliphatic heterocycles. The van der Waals surface area contributed by atoms with Crippen LogP contribution >= 0.6 is 0 Å². The first kappa shape index (κ1) is 19.6. The SMILES string of the molecule is COc1ccc(NC(=O)CNC(=O)[C@@H](N)C(C)C)c(OC)c1OC. The van der Waals surface area contributed by atoms with E-state index in [1.54, 1.807) is 12.1 Å². The first-order valence-electron chi connectivity index (χ1n) is 7.47. The number of hydrogen-bond acceptors (Lipinski definition) is 6. The van der Waals surface area contributed by atoms with Crippen molar-refractivity contribution >= 4 is 17.5 Å². The van der Waals surface area contributed by atoms with Crippen molar-refractivity contribution in [1.82, 2.24) is 5.32 Å². The van der Waals surface area contributed by atoms with Crippen LogP contribution in [-0.4, -0.2) is 45.7 Å². The van der Waals surface area contributed by atoms with Crippen molar-refractivity contribution in [2.24, 2.45) is 11.7 Å². The molecule has 0 unspecified atom stereocenters. The third-order valence-electron chi connectivity index (χ3n) is 3.42. The maximum atomic E-state index is 12.0. The summed E-state index contributed by atoms with van der Waals surface area (Å²) >= 11 is 0. The third kappa shape index (κ3) is 4.76. The van der Waals surface area contributed by atoms with Crippen LogP contribution in [0.1, 0.15) is 13.8 Å². The lowest BCUT2D eigenvalue weighted by molar-refractivity contribution is -0.125. The molecule has 0 spiro atoms. The van der Waals surface area contributed by atoms with E-state index in [2.05, 4.69) is 10.6 Å². The highest BCUT2D eigenvalue weighted by molar-refractivity contribution is 5.97. The van der Waals surface area contributed by atoms with E-state index in [-0.39, 0.29) is 18.4 Å². The monoisotopic (exact) mass is 339 g/mol. The lowest BCUT2D eigenvalue weighted by Crippen LogP contribution is -2.46. The van der Waals surface area contributed by atoms with Gasteiger partial charge in [-0.2, -0.15) is 0 Å². The molecule has 1 rings (SSSR count). The summed E-state index contributed by atoms with van der Waals surface area (Å²) in [5.74, 6) is 0.367. The fourth-order valence-corrected chi connectivity index (χ4v) is 1.98. The van der Waals surface area contributed by atoms with Gasteiger partial charge in [0.15, 0.2) is 11.5 Å². The van der Waals surface area contributed by atoms with Crippen LogP contribution in [0.4, 0.5) is 5.69 Å². The largest absolute Gasteiger partial charge is 0.493 e. The Morgan fingerprint density at radius 2 is 1.71 bits per heavy atom. The molecule has 0 aromatic heterocycles. The number of rotatable bonds is 8. The van der Waals surface area contributed by atoms with Crippen molar-refractivity contribution in [3.63, 3.8) is 0 Å². The smallest absolute Gasteiger partial charge is 0.243 e. The Hall–Kier alpha value is -2.48. The van der Waals surface area contributed by atoms with Crippen molar-refractivity contribution in [3.05, 3.63) is 12.1 Å². The Bertz CT molecular complexity index is 589. The molecule has 0 radical (unpaired) electrons. The number of benzene rings is 1. The number of ether oxygens (including phenoxy) is 3. The molecule has 8 nitrogen and oxygen atoms in total. The van der Waals surface area contributed by atoms with Crippen LogP contribution in [0.25, 0.3) is 0 Å². The predicted octanol–water partition coefficient (Wildman–Crippen LogP) is 0.750. The summed E-state index contributed by atoms with van der Waals surface area (Å²) in [6.07, 6.45) is 0. The van der Waals surface area contributed by atoms with Gasteiger partial charge in [-0.3, -0.25) is 9.59 Å². The first-order valence-corrected chi connectivity index (χ1v) is 7.47. The maximum absolute atomic E-state index is 12.0. The molecular formula is C16H25N3O5. The maximum Gasteiger partial charge on any atom is 0.243 e. The molecule has 134 valence electrons. The minimum atomic E-state index is -0.659. The van der Waals surface area contributed by atoms with Crippen molar-refractivity contribution < 1.29 is 23.8 Å². The fourth-order valence-electron chi connectivity index (χ4n) is 1.98. The number of carbonyl (C=O) groups is 2. The van der Waals surface area contributed by atoms with E-state index < -0.39 is 11.9 Å². The van der Waals surface area contributed by atoms with Gasteiger partial charge < -0.3 is 30.6 Å². The van der Waals surface area contributed by atoms with Gasteiger partial charge in [0, 0.05) is 0 Å². The molecule has 0 saturated carbocycles. The summed E-state index contributed by atoms with van der Waals surface area (Å²) in [5.41, 5.74) is 6.13. The van der Waals surface area contributed by atoms with E-state index in [1.807, 2.05) is 13.8 Å². The molecule has 0 saturated heterocycles. The number of nitrogens with one attached hydrogen (secondary N) is 2. The molecule has 1 aromatic rings. The molecule has 1 atom stereocenters. The van der Waals surface area contributed by atoms with Crippen molar-refractivity contribution in [2.75, 3.05) is 33.2 Å². The Kier molecular flexibility index (Phi) is 7.31. The number of carbonyl (C=O) groups excluding carboxylic acids is 2. The molecule has 0 bridgehead atoms. The summed E-state index contributed by atoms with van der Waals surface area (Å²) < 4.78 is 15.7. The lowest BCUT2D eigenvalue weighted by Gasteiger charge is -2.17. The molecule has 4 N–H and O–H groups in total. The van der Waals surface area contributed by atoms with Crippen LogP contribution in [0.2, 0.25) is 0 Å². The second-order valence-corrected chi connectivity index (χ2v) is 5.42. The third-order valence-corrected chi connectivity index (χ3v) is 3.42. The minimum Gasteiger partial charge on any atom is -0.493 e. The predicted molar refractivity (Wildman–Crippen MR) is 90.6 cm³/mol. The molecule has 0 fully saturated rings. The quantitative estimate of drug-likeness (QED) is 0.644. The van der Waals surface area contributed by atoms with E-state index in [4.69, 9.17) is 19.9 Å². The molecular weight excluding hydrogens is 314 g/mol. The van der Waals surface area contributed by atoms with Crippen LogP contribution in [0.15, 0.2) is 12.1 Å². The van der Waals surface area contributed by atoms with Crippen LogP contribution in [0.3, 0.4) is 0 Å². The number of anilines is 1. The average molecular weight is 339 g/mol. The van der Waals surface area contributed by atoms with E-state index in [9.17, 15) is 9.59 Å². The zero-order chi connectivity index (χ0) is 18.3. The second kappa shape index (κ2) is 8.97. The van der Waals surface area contributed by atoms with Crippen LogP contribution in [0, 0.1) is 5.92 Å². The van der Waals surface area contributed by atoms with Crippen LogP contribution in [0.5, 0.6) is 17.2 Å². The molecule has 8 heteroatoms. The molecule has 2 amide bonds. The topological polar surface area (TPSA) is 112 Å². The minimum absolute atomic E-state index is 0.0148. The number of nitrogens with two attached hydrogens (primary N) is 1. The van der Waals surface area contributed by atoms with Gasteiger partial charge in [-0.15, -0.1) is 0 Å². The highest BCUT2D eigenvalue weighted by Gasteiger charge is 2.20. The molecule has 1 aromatic carbocycles. The number of methoxy groups -OCH3 is 3. The summed E-state index contributed by atoms with van der Waals surface area (Å²) in [6.45, 7) is 3.47. The van der Waals surface area contributed by atoms with Gasteiger partial charge in [-0.25, -0.2) is 0 Å². The van der Waals surface area contributed by atoms with E-state index in [0.29, 0.717) is 22.9 Å². The molecule has 0 aliphatic rings. The zero-order valence-corrected chi connectivity index (χ0v) is 14.6. The van der Waals surface area contributed by atoms with Gasteiger partial charge in [0.25, 0.3) is 0 Å². The Labute approximate surface area is 141 Å². The van der Waals surface area contributed by atoms with Gasteiger partial charge >= 0.3 is 0 Å². The fraction of sp³-hybridized carbons (Fsp3) is 0.500. The second-order valence-electron chi connectivity index (χ2n) is 5.42. The average Bonchev–Trinajstić information content (AvgIpc) is 2.57. The van der Waals surface area contributed by atoms with E-state index >= 15 is 0 Å². The summed E-state index contributed by atoms with van der Waals surface area (Å²) in [4.78, 5) is 23.8. The first-order chi connectivity index (χ1) is 11.3. The Morgan fingerprint density at radius 1 is 1.08 bits per heavy atom. The highest BCUT2D eigenvalue weighted by Crippen LogP contribution is 2.42. The summed E-state index contributed by atoms with van der Waals surface area (Å²) in [7, 11) is 4.43. The Morgan fingerprint density at radius 3 is 2.21 bits per heavy atom. The zero-order valence-electron chi connectivity index (χ0n) is 14.6. The van der Waals surface area contributed by atoms with Crippen molar-refractivity contribution in [3.8, 4) is 17.2 Å². The molecule has 24 heavy (non-hydrogen) atoms. The Balaban J connectivity index is 2.79. The normalized spacial score (nSPS) is 11.6. The van der Waals surface area contributed by atoms with Gasteiger partial charge in [0.1, 0.15) is 0 Å². The highest BCUT2D eigenvalue weighted by atomic mass is 16.5. The molecule has 0 heterocycles.